The summed E-state index contributed by atoms with van der Waals surface area (Å²) in [7, 11) is -4.01. The van der Waals surface area contributed by atoms with E-state index in [-0.39, 0.29) is 35.5 Å². The molecule has 7 rings (SSSR count). The summed E-state index contributed by atoms with van der Waals surface area (Å²) in [5.41, 5.74) is 5.30. The average molecular weight is 803 g/mol. The van der Waals surface area contributed by atoms with Gasteiger partial charge in [0.05, 0.1) is 44.8 Å². The van der Waals surface area contributed by atoms with Crippen LogP contribution in [-0.4, -0.2) is 58.7 Å². The highest BCUT2D eigenvalue weighted by Gasteiger charge is 2.36. The van der Waals surface area contributed by atoms with E-state index in [0.717, 1.165) is 37.1 Å². The minimum atomic E-state index is -4.01. The Morgan fingerprint density at radius 2 is 1.61 bits per heavy atom. The number of aliphatic hydroxyl groups is 1. The maximum Gasteiger partial charge on any atom is 0.251 e. The van der Waals surface area contributed by atoms with E-state index in [0.29, 0.717) is 16.9 Å². The predicted molar refractivity (Wildman–Crippen MR) is 224 cm³/mol. The number of nitrogens with zero attached hydrogens (tertiary/aromatic N) is 3. The Morgan fingerprint density at radius 3 is 2.36 bits per heavy atom. The monoisotopic (exact) mass is 802 g/mol. The summed E-state index contributed by atoms with van der Waals surface area (Å²) in [5.74, 6) is -1.08. The van der Waals surface area contributed by atoms with Crippen LogP contribution in [0.5, 0.6) is 0 Å². The van der Waals surface area contributed by atoms with Crippen molar-refractivity contribution in [2.24, 2.45) is 5.92 Å². The second-order valence-corrected chi connectivity index (χ2v) is 18.0. The lowest BCUT2D eigenvalue weighted by Crippen LogP contribution is -2.45. The Hall–Kier alpha value is -5.11. The molecule has 0 spiro atoms. The quantitative estimate of drug-likeness (QED) is 0.100. The van der Waals surface area contributed by atoms with Crippen LogP contribution in [0.25, 0.3) is 21.1 Å². The third kappa shape index (κ3) is 8.49. The van der Waals surface area contributed by atoms with Crippen molar-refractivity contribution < 1.29 is 23.1 Å². The number of aliphatic hydroxyl groups excluding tert-OH is 1. The number of thiophene rings is 1. The molecule has 0 aliphatic rings. The van der Waals surface area contributed by atoms with Crippen molar-refractivity contribution in [1.29, 1.82) is 0 Å². The van der Waals surface area contributed by atoms with Crippen LogP contribution in [0.4, 0.5) is 0 Å². The lowest BCUT2D eigenvalue weighted by Gasteiger charge is -2.30. The average Bonchev–Trinajstić information content (AvgIpc) is 3.90. The minimum absolute atomic E-state index is 0.0134. The molecule has 3 atom stereocenters. The van der Waals surface area contributed by atoms with E-state index in [2.05, 4.69) is 10.3 Å². The summed E-state index contributed by atoms with van der Waals surface area (Å²) in [5, 5.41) is 14.8. The highest BCUT2D eigenvalue weighted by Crippen LogP contribution is 2.36. The fourth-order valence-corrected chi connectivity index (χ4v) is 10.8. The molecule has 9 nitrogen and oxygen atoms in total. The van der Waals surface area contributed by atoms with E-state index in [9.17, 15) is 23.1 Å². The molecule has 1 amide bonds. The molecule has 2 N–H and O–H groups in total. The molecule has 0 saturated carbocycles. The number of thiazole rings is 1. The second kappa shape index (κ2) is 17.4. The molecule has 0 radical (unpaired) electrons. The van der Waals surface area contributed by atoms with Gasteiger partial charge in [0.1, 0.15) is 0 Å². The summed E-state index contributed by atoms with van der Waals surface area (Å²) < 4.78 is 30.5. The van der Waals surface area contributed by atoms with Crippen LogP contribution in [0.1, 0.15) is 63.5 Å². The number of hydrogen-bond acceptors (Lipinski definition) is 9. The third-order valence-electron chi connectivity index (χ3n) is 9.76. The van der Waals surface area contributed by atoms with Crippen molar-refractivity contribution in [2.45, 2.75) is 49.6 Å². The molecular weight excluding hydrogens is 761 g/mol. The molecule has 0 aliphatic carbocycles. The third-order valence-corrected chi connectivity index (χ3v) is 13.7. The van der Waals surface area contributed by atoms with Crippen LogP contribution in [0.3, 0.4) is 0 Å². The van der Waals surface area contributed by atoms with Crippen molar-refractivity contribution in [3.8, 4) is 0 Å². The van der Waals surface area contributed by atoms with E-state index in [4.69, 9.17) is 4.98 Å². The first-order chi connectivity index (χ1) is 27.1. The van der Waals surface area contributed by atoms with Crippen LogP contribution in [0.15, 0.2) is 138 Å². The van der Waals surface area contributed by atoms with Gasteiger partial charge >= 0.3 is 0 Å². The number of pyridine rings is 1. The number of carbonyl (C=O) groups is 2. The number of aryl methyl sites for hydroxylation is 1. The second-order valence-electron chi connectivity index (χ2n) is 14.0. The van der Waals surface area contributed by atoms with Crippen LogP contribution >= 0.6 is 22.7 Å². The van der Waals surface area contributed by atoms with Gasteiger partial charge in [0.2, 0.25) is 10.0 Å². The van der Waals surface area contributed by atoms with Crippen LogP contribution < -0.4 is 5.32 Å². The van der Waals surface area contributed by atoms with Gasteiger partial charge in [0, 0.05) is 45.8 Å². The molecule has 0 saturated heterocycles. The van der Waals surface area contributed by atoms with Gasteiger partial charge in [-0.1, -0.05) is 86.6 Å². The Bertz CT molecular complexity index is 2550. The predicted octanol–water partition coefficient (Wildman–Crippen LogP) is 8.42. The number of sulfonamides is 1. The Balaban J connectivity index is 1.19. The first-order valence-electron chi connectivity index (χ1n) is 18.5. The van der Waals surface area contributed by atoms with E-state index >= 15 is 0 Å². The van der Waals surface area contributed by atoms with Gasteiger partial charge in [-0.2, -0.15) is 4.31 Å². The Kier molecular flexibility index (Phi) is 12.1. The van der Waals surface area contributed by atoms with Gasteiger partial charge in [-0.3, -0.25) is 14.6 Å². The standard InChI is InChI=1S/C44H42N4O5S3/c1-29(2)26-48(56(52,53)34-20-21-36-40(25-34)54-28-46-36)37(27-49)39-23-19-33(55-39)18-22-38(50)43(47-44(51)32-13-7-4-8-14-32)41(30-11-5-3-6-12-30)35-17-9-15-31-16-10-24-45-42(31)35/h3-17,19-21,23-25,28-29,37,41,43,49H,18,22,26-27H2,1-2H3,(H,47,51). The first kappa shape index (κ1) is 39.1. The zero-order valence-electron chi connectivity index (χ0n) is 31.0. The molecule has 3 heterocycles. The molecule has 12 heteroatoms. The summed E-state index contributed by atoms with van der Waals surface area (Å²) in [6.45, 7) is 3.67. The van der Waals surface area contributed by atoms with Gasteiger partial charge in [-0.05, 0) is 72.0 Å². The smallest absolute Gasteiger partial charge is 0.251 e. The topological polar surface area (TPSA) is 130 Å². The fourth-order valence-electron chi connectivity index (χ4n) is 7.07. The van der Waals surface area contributed by atoms with Crippen LogP contribution in [0, 0.1) is 5.92 Å². The highest BCUT2D eigenvalue weighted by atomic mass is 32.2. The maximum absolute atomic E-state index is 14.6. The van der Waals surface area contributed by atoms with Crippen molar-refractivity contribution in [3.05, 3.63) is 159 Å². The number of hydrogen-bond donors (Lipinski definition) is 2. The van der Waals surface area contributed by atoms with E-state index in [1.165, 1.54) is 27.0 Å². The molecule has 0 bridgehead atoms. The zero-order valence-corrected chi connectivity index (χ0v) is 33.4. The number of Topliss-reactive ketones (excluding diaryl/α,β-unsaturated/α-hetero) is 1. The molecule has 7 aromatic rings. The molecule has 3 unspecified atom stereocenters. The lowest BCUT2D eigenvalue weighted by molar-refractivity contribution is -0.121. The summed E-state index contributed by atoms with van der Waals surface area (Å²) >= 11 is 2.75. The summed E-state index contributed by atoms with van der Waals surface area (Å²) in [4.78, 5) is 39.1. The van der Waals surface area contributed by atoms with Crippen molar-refractivity contribution in [3.63, 3.8) is 0 Å². The normalized spacial score (nSPS) is 13.6. The van der Waals surface area contributed by atoms with Crippen molar-refractivity contribution in [2.75, 3.05) is 13.2 Å². The van der Waals surface area contributed by atoms with E-state index < -0.39 is 34.6 Å². The van der Waals surface area contributed by atoms with Gasteiger partial charge in [-0.25, -0.2) is 13.4 Å². The SMILES string of the molecule is CC(C)CN(C(CO)c1ccc(CCC(=O)C(NC(=O)c2ccccc2)C(c2ccccc2)c2cccc3cccnc23)s1)S(=O)(=O)c1ccc2ncsc2c1. The molecule has 0 fully saturated rings. The Morgan fingerprint density at radius 1 is 0.857 bits per heavy atom. The minimum Gasteiger partial charge on any atom is -0.394 e. The molecule has 4 aromatic carbocycles. The highest BCUT2D eigenvalue weighted by molar-refractivity contribution is 7.89. The number of ketones is 1. The molecular formula is C44H42N4O5S3. The lowest BCUT2D eigenvalue weighted by atomic mass is 9.81. The molecule has 3 aromatic heterocycles. The number of fused-ring (bicyclic) bond motifs is 2. The van der Waals surface area contributed by atoms with E-state index in [1.807, 2.05) is 92.7 Å². The van der Waals surface area contributed by atoms with Gasteiger partial charge in [-0.15, -0.1) is 22.7 Å². The number of aromatic nitrogens is 2. The number of benzene rings is 4. The fraction of sp³-hybridized carbons (Fsp3) is 0.227. The van der Waals surface area contributed by atoms with Crippen LogP contribution in [-0.2, 0) is 21.2 Å². The van der Waals surface area contributed by atoms with Crippen molar-refractivity contribution in [1.82, 2.24) is 19.6 Å². The molecule has 56 heavy (non-hydrogen) atoms. The summed E-state index contributed by atoms with van der Waals surface area (Å²) in [6.07, 6.45) is 2.19. The molecule has 0 aliphatic heterocycles. The maximum atomic E-state index is 14.6. The van der Waals surface area contributed by atoms with Gasteiger partial charge in [0.15, 0.2) is 5.78 Å². The largest absolute Gasteiger partial charge is 0.394 e. The number of amides is 1. The first-order valence-corrected chi connectivity index (χ1v) is 21.6. The van der Waals surface area contributed by atoms with Crippen LogP contribution in [0.2, 0.25) is 0 Å². The number of rotatable bonds is 16. The molecule has 286 valence electrons. The zero-order chi connectivity index (χ0) is 39.2. The number of nitrogens with one attached hydrogen (secondary N) is 1. The Labute approximate surface area is 334 Å². The number of carbonyl (C=O) groups excluding carboxylic acids is 2. The van der Waals surface area contributed by atoms with Gasteiger partial charge in [0.25, 0.3) is 5.91 Å². The number of para-hydroxylation sites is 1. The summed E-state index contributed by atoms with van der Waals surface area (Å²) in [6, 6.07) is 35.2. The van der Waals surface area contributed by atoms with Crippen molar-refractivity contribution >= 4 is 65.5 Å². The van der Waals surface area contributed by atoms with E-state index in [1.54, 1.807) is 54.2 Å². The van der Waals surface area contributed by atoms with Gasteiger partial charge < -0.3 is 10.4 Å².